The number of ether oxygens (including phenoxy) is 6. The van der Waals surface area contributed by atoms with Crippen LogP contribution >= 0.6 is 0 Å². The van der Waals surface area contributed by atoms with Crippen molar-refractivity contribution >= 4 is 26.7 Å². The molecule has 2 aliphatic rings. The fraction of sp³-hybridized carbons (Fsp3) is 0.375. The average molecular weight is 859 g/mol. The molecule has 4 aromatic carbocycles. The predicted octanol–water partition coefficient (Wildman–Crippen LogP) is 3.07. The van der Waals surface area contributed by atoms with Gasteiger partial charge in [-0.05, 0) is 22.3 Å². The zero-order chi connectivity index (χ0) is 41.8. The van der Waals surface area contributed by atoms with Crippen LogP contribution in [0.3, 0.4) is 0 Å². The van der Waals surface area contributed by atoms with Gasteiger partial charge in [0.25, 0.3) is 0 Å². The van der Waals surface area contributed by atoms with Crippen LogP contribution in [0.1, 0.15) is 22.3 Å². The van der Waals surface area contributed by atoms with Gasteiger partial charge in [0, 0.05) is 6.54 Å². The Hall–Kier alpha value is -4.19. The summed E-state index contributed by atoms with van der Waals surface area (Å²) in [6, 6.07) is 32.7. The van der Waals surface area contributed by atoms with Gasteiger partial charge in [0.15, 0.2) is 6.29 Å². The topological polar surface area (TPSA) is 235 Å². The van der Waals surface area contributed by atoms with Crippen LogP contribution in [0.5, 0.6) is 0 Å². The van der Waals surface area contributed by atoms with Crippen molar-refractivity contribution in [1.82, 2.24) is 10.0 Å². The van der Waals surface area contributed by atoms with Crippen molar-refractivity contribution in [2.75, 3.05) is 13.2 Å². The quantitative estimate of drug-likeness (QED) is 0.0804. The molecule has 2 saturated heterocycles. The summed E-state index contributed by atoms with van der Waals surface area (Å²) < 4.78 is 114. The molecule has 2 aliphatic heterocycles. The highest BCUT2D eigenvalue weighted by Crippen LogP contribution is 2.33. The van der Waals surface area contributed by atoms with Crippen molar-refractivity contribution in [3.05, 3.63) is 144 Å². The monoisotopic (exact) mass is 858 g/mol. The van der Waals surface area contributed by atoms with Crippen LogP contribution in [0.4, 0.5) is 0 Å². The Balaban J connectivity index is 1.39. The fourth-order valence-corrected chi connectivity index (χ4v) is 7.75. The summed E-state index contributed by atoms with van der Waals surface area (Å²) in [6.45, 7) is -1.05. The maximum absolute atomic E-state index is 12.9. The summed E-state index contributed by atoms with van der Waals surface area (Å²) in [6.07, 6.45) is -9.66. The normalized spacial score (nSPS) is 26.3. The summed E-state index contributed by atoms with van der Waals surface area (Å²) in [5.74, 6) is -1.35. The number of hydrogen-bond donors (Lipinski definition) is 5. The Morgan fingerprint density at radius 2 is 1.08 bits per heavy atom. The van der Waals surface area contributed by atoms with Crippen molar-refractivity contribution < 1.29 is 68.4 Å². The number of benzene rings is 4. The zero-order valence-corrected chi connectivity index (χ0v) is 33.2. The van der Waals surface area contributed by atoms with Crippen LogP contribution in [0.2, 0.25) is 0 Å². The van der Waals surface area contributed by atoms with E-state index in [1.165, 1.54) is 0 Å². The van der Waals surface area contributed by atoms with Crippen molar-refractivity contribution in [2.45, 2.75) is 81.4 Å². The Bertz CT molecular complexity index is 2120. The van der Waals surface area contributed by atoms with Crippen LogP contribution in [0.25, 0.3) is 0 Å². The minimum atomic E-state index is -5.10. The molecule has 318 valence electrons. The van der Waals surface area contributed by atoms with Gasteiger partial charge in [0.2, 0.25) is 0 Å². The lowest BCUT2D eigenvalue weighted by Crippen LogP contribution is -2.70. The average Bonchev–Trinajstić information content (AvgIpc) is 3.22. The lowest BCUT2D eigenvalue weighted by molar-refractivity contribution is -0.311. The number of carboxylic acids is 1. The molecule has 0 radical (unpaired) electrons. The summed E-state index contributed by atoms with van der Waals surface area (Å²) in [7, 11) is -10.2. The molecule has 6 rings (SSSR count). The summed E-state index contributed by atoms with van der Waals surface area (Å²) in [4.78, 5) is 12.9. The number of rotatable bonds is 20. The number of nitrogens with one attached hydrogen (secondary N) is 2. The van der Waals surface area contributed by atoms with Gasteiger partial charge in [-0.1, -0.05) is 121 Å². The molecule has 2 fully saturated rings. The summed E-state index contributed by atoms with van der Waals surface area (Å²) >= 11 is 0. The smallest absolute Gasteiger partial charge is 0.397 e. The minimum absolute atomic E-state index is 0.00434. The van der Waals surface area contributed by atoms with Gasteiger partial charge < -0.3 is 33.5 Å². The van der Waals surface area contributed by atoms with Crippen LogP contribution in [0, 0.1) is 0 Å². The lowest BCUT2D eigenvalue weighted by atomic mass is 9.93. The van der Waals surface area contributed by atoms with Gasteiger partial charge in [-0.3, -0.25) is 19.2 Å². The van der Waals surface area contributed by atoms with E-state index in [4.69, 9.17) is 32.6 Å². The number of piperidine rings is 1. The van der Waals surface area contributed by atoms with Crippen LogP contribution in [-0.2, 0) is 84.5 Å². The van der Waals surface area contributed by atoms with Crippen molar-refractivity contribution in [2.24, 2.45) is 0 Å². The van der Waals surface area contributed by atoms with Crippen LogP contribution in [0.15, 0.2) is 121 Å². The first-order valence-corrected chi connectivity index (χ1v) is 21.4. The molecule has 9 atom stereocenters. The van der Waals surface area contributed by atoms with Gasteiger partial charge in [-0.15, -0.1) is 0 Å². The van der Waals surface area contributed by atoms with E-state index >= 15 is 0 Å². The zero-order valence-electron chi connectivity index (χ0n) is 31.5. The first kappa shape index (κ1) is 44.4. The Labute approximate surface area is 342 Å². The van der Waals surface area contributed by atoms with Crippen LogP contribution < -0.4 is 10.0 Å². The van der Waals surface area contributed by atoms with Crippen molar-refractivity contribution in [3.8, 4) is 0 Å². The summed E-state index contributed by atoms with van der Waals surface area (Å²) in [5.41, 5.74) is 2.87. The second-order valence-corrected chi connectivity index (χ2v) is 16.1. The predicted molar refractivity (Wildman–Crippen MR) is 209 cm³/mol. The molecular weight excluding hydrogens is 813 g/mol. The second kappa shape index (κ2) is 20.9. The first-order valence-electron chi connectivity index (χ1n) is 18.6. The SMILES string of the molecule is O=C(O)[C@@H]1NC[C@H](OCc2ccccc2)[C@@H](OCc2ccccc2)[C@@H]1O[C@H]1O[C@H](COS(=O)(=O)O)[C@@H](OCc2ccccc2)[C@H](OCc2ccccc2)[C@H]1NS(=O)(=O)O. The molecule has 19 heteroatoms. The molecule has 5 N–H and O–H groups in total. The Morgan fingerprint density at radius 3 is 1.53 bits per heavy atom. The largest absolute Gasteiger partial charge is 0.480 e. The highest BCUT2D eigenvalue weighted by molar-refractivity contribution is 7.83. The molecule has 2 heterocycles. The number of aliphatic carboxylic acids is 1. The standard InChI is InChI=1S/C40H46N2O15S2/c43-39(44)33-38(35(52-23-28-15-7-2-8-16-28)31(21-41-33)51-22-27-13-5-1-6-14-27)57-40-34(42-58(45,46)47)37(54-25-30-19-11-4-12-20-30)36(32(56-40)26-55-59(48,49)50)53-24-29-17-9-3-10-18-29/h1-20,31-38,40-42H,21-26H2,(H,43,44)(H,45,46,47)(H,48,49,50)/t31-,32+,33+,34+,35+,36+,37+,38+,40+/m0/s1. The number of carbonyl (C=O) groups is 1. The van der Waals surface area contributed by atoms with E-state index in [1.54, 1.807) is 72.8 Å². The third kappa shape index (κ3) is 13.4. The fourth-order valence-electron chi connectivity index (χ4n) is 6.85. The van der Waals surface area contributed by atoms with Gasteiger partial charge in [-0.2, -0.15) is 21.6 Å². The van der Waals surface area contributed by atoms with E-state index in [1.807, 2.05) is 48.5 Å². The summed E-state index contributed by atoms with van der Waals surface area (Å²) in [5, 5.41) is 13.4. The van der Waals surface area contributed by atoms with E-state index in [-0.39, 0.29) is 33.0 Å². The van der Waals surface area contributed by atoms with E-state index in [9.17, 15) is 35.8 Å². The van der Waals surface area contributed by atoms with Gasteiger partial charge in [-0.25, -0.2) is 4.18 Å². The minimum Gasteiger partial charge on any atom is -0.480 e. The highest BCUT2D eigenvalue weighted by Gasteiger charge is 2.54. The number of carboxylic acid groups (broad SMARTS) is 1. The molecule has 0 saturated carbocycles. The molecule has 0 bridgehead atoms. The Morgan fingerprint density at radius 1 is 0.644 bits per heavy atom. The third-order valence-electron chi connectivity index (χ3n) is 9.59. The Kier molecular flexibility index (Phi) is 15.7. The molecular formula is C40H46N2O15S2. The highest BCUT2D eigenvalue weighted by atomic mass is 32.3. The molecule has 0 spiro atoms. The molecule has 17 nitrogen and oxygen atoms in total. The molecule has 4 aromatic rings. The molecule has 0 aromatic heterocycles. The second-order valence-electron chi connectivity index (χ2n) is 13.8. The van der Waals surface area contributed by atoms with E-state index in [0.717, 1.165) is 11.1 Å². The number of hydrogen-bond acceptors (Lipinski definition) is 13. The van der Waals surface area contributed by atoms with E-state index < -0.39 is 88.3 Å². The van der Waals surface area contributed by atoms with E-state index in [2.05, 4.69) is 10.0 Å². The maximum atomic E-state index is 12.9. The van der Waals surface area contributed by atoms with Gasteiger partial charge in [0.1, 0.15) is 42.6 Å². The van der Waals surface area contributed by atoms with Gasteiger partial charge >= 0.3 is 26.7 Å². The van der Waals surface area contributed by atoms with Gasteiger partial charge in [0.05, 0.1) is 39.1 Å². The maximum Gasteiger partial charge on any atom is 0.397 e. The molecule has 0 amide bonds. The molecule has 0 aliphatic carbocycles. The van der Waals surface area contributed by atoms with Crippen molar-refractivity contribution in [1.29, 1.82) is 0 Å². The van der Waals surface area contributed by atoms with Crippen LogP contribution in [-0.4, -0.2) is 105 Å². The molecule has 0 unspecified atom stereocenters. The van der Waals surface area contributed by atoms with E-state index in [0.29, 0.717) is 11.1 Å². The lowest BCUT2D eigenvalue weighted by Gasteiger charge is -2.48. The first-order chi connectivity index (χ1) is 28.3. The third-order valence-corrected chi connectivity index (χ3v) is 10.6. The molecule has 59 heavy (non-hydrogen) atoms. The van der Waals surface area contributed by atoms with Crippen molar-refractivity contribution in [3.63, 3.8) is 0 Å².